The van der Waals surface area contributed by atoms with Crippen LogP contribution < -0.4 is 5.73 Å². The number of nitrogen functional groups attached to an aromatic ring is 1. The Kier molecular flexibility index (Phi) is 2.79. The van der Waals surface area contributed by atoms with Gasteiger partial charge in [0.2, 0.25) is 0 Å². The van der Waals surface area contributed by atoms with Crippen molar-refractivity contribution in [1.82, 2.24) is 0 Å². The molecule has 0 heterocycles. The molecule has 0 aromatic heterocycles. The fourth-order valence-electron chi connectivity index (χ4n) is 0.902. The summed E-state index contributed by atoms with van der Waals surface area (Å²) in [6, 6.07) is 5.77. The molecule has 3 heteroatoms. The third-order valence-electron chi connectivity index (χ3n) is 1.57. The third-order valence-corrected chi connectivity index (χ3v) is 2.03. The van der Waals surface area contributed by atoms with Gasteiger partial charge in [0.05, 0.1) is 0 Å². The second kappa shape index (κ2) is 3.64. The van der Waals surface area contributed by atoms with Crippen molar-refractivity contribution in [3.8, 4) is 0 Å². The number of benzene rings is 1. The molecule has 0 saturated heterocycles. The van der Waals surface area contributed by atoms with E-state index in [4.69, 9.17) is 10.3 Å². The van der Waals surface area contributed by atoms with Crippen molar-refractivity contribution in [2.24, 2.45) is 0 Å². The zero-order chi connectivity index (χ0) is 8.27. The Bertz CT molecular complexity index is 250. The van der Waals surface area contributed by atoms with Crippen LogP contribution in [0, 0.1) is 6.92 Å². The maximum absolute atomic E-state index is 8.57. The van der Waals surface area contributed by atoms with Crippen molar-refractivity contribution in [3.05, 3.63) is 29.3 Å². The lowest BCUT2D eigenvalue weighted by atomic mass is 10.1. The summed E-state index contributed by atoms with van der Waals surface area (Å²) < 4.78 is 8.57. The lowest BCUT2D eigenvalue weighted by Crippen LogP contribution is -1.90. The van der Waals surface area contributed by atoms with Crippen LogP contribution in [0.25, 0.3) is 0 Å². The van der Waals surface area contributed by atoms with Crippen LogP contribution in [0.2, 0.25) is 0 Å². The van der Waals surface area contributed by atoms with Gasteiger partial charge in [-0.1, -0.05) is 12.1 Å². The van der Waals surface area contributed by atoms with E-state index in [-0.39, 0.29) is 0 Å². The molecule has 0 aliphatic rings. The summed E-state index contributed by atoms with van der Waals surface area (Å²) in [5.74, 6) is 0.626. The van der Waals surface area contributed by atoms with E-state index in [1.807, 2.05) is 25.1 Å². The van der Waals surface area contributed by atoms with E-state index < -0.39 is 0 Å². The van der Waals surface area contributed by atoms with E-state index in [0.29, 0.717) is 5.75 Å². The molecule has 0 unspecified atom stereocenters. The van der Waals surface area contributed by atoms with Gasteiger partial charge in [0.1, 0.15) is 0 Å². The molecule has 1 aromatic carbocycles. The Morgan fingerprint density at radius 3 is 2.82 bits per heavy atom. The van der Waals surface area contributed by atoms with Gasteiger partial charge in [0, 0.05) is 11.4 Å². The van der Waals surface area contributed by atoms with Crippen LogP contribution in [0.3, 0.4) is 0 Å². The third kappa shape index (κ3) is 2.13. The summed E-state index contributed by atoms with van der Waals surface area (Å²) in [6.07, 6.45) is 0. The van der Waals surface area contributed by atoms with Crippen molar-refractivity contribution in [2.75, 3.05) is 5.73 Å². The molecule has 0 saturated carbocycles. The largest absolute Gasteiger partial charge is 0.399 e. The van der Waals surface area contributed by atoms with Crippen LogP contribution in [-0.4, -0.2) is 4.55 Å². The quantitative estimate of drug-likeness (QED) is 0.527. The SMILES string of the molecule is Cc1cc(CSO)ccc1N. The standard InChI is InChI=1S/C8H11NOS/c1-6-4-7(5-11-10)2-3-8(6)9/h2-4,10H,5,9H2,1H3. The highest BCUT2D eigenvalue weighted by molar-refractivity contribution is 7.92. The minimum absolute atomic E-state index is 0.626. The molecule has 1 rings (SSSR count). The minimum atomic E-state index is 0.626. The number of rotatable bonds is 2. The highest BCUT2D eigenvalue weighted by atomic mass is 32.2. The molecule has 60 valence electrons. The number of hydrogen-bond donors (Lipinski definition) is 2. The summed E-state index contributed by atoms with van der Waals surface area (Å²) in [4.78, 5) is 0. The molecule has 0 radical (unpaired) electrons. The molecule has 0 bridgehead atoms. The lowest BCUT2D eigenvalue weighted by molar-refractivity contribution is 0.663. The molecule has 0 aliphatic carbocycles. The van der Waals surface area contributed by atoms with Crippen LogP contribution in [0.5, 0.6) is 0 Å². The number of nitrogens with two attached hydrogens (primary N) is 1. The van der Waals surface area contributed by atoms with Crippen molar-refractivity contribution < 1.29 is 4.55 Å². The fourth-order valence-corrected chi connectivity index (χ4v) is 1.23. The summed E-state index contributed by atoms with van der Waals surface area (Å²) in [5.41, 5.74) is 8.59. The second-order valence-electron chi connectivity index (χ2n) is 2.46. The average Bonchev–Trinajstić information content (AvgIpc) is 1.98. The minimum Gasteiger partial charge on any atom is -0.399 e. The van der Waals surface area contributed by atoms with E-state index in [0.717, 1.165) is 28.9 Å². The topological polar surface area (TPSA) is 46.2 Å². The van der Waals surface area contributed by atoms with Gasteiger partial charge in [-0.25, -0.2) is 0 Å². The predicted octanol–water partition coefficient (Wildman–Crippen LogP) is 2.28. The molecule has 0 fully saturated rings. The van der Waals surface area contributed by atoms with Crippen molar-refractivity contribution in [3.63, 3.8) is 0 Å². The Labute approximate surface area is 70.6 Å². The summed E-state index contributed by atoms with van der Waals surface area (Å²) in [7, 11) is 0. The smallest absolute Gasteiger partial charge is 0.0446 e. The summed E-state index contributed by atoms with van der Waals surface area (Å²) >= 11 is 0.828. The van der Waals surface area contributed by atoms with E-state index in [2.05, 4.69) is 0 Å². The van der Waals surface area contributed by atoms with Gasteiger partial charge in [0.25, 0.3) is 0 Å². The normalized spacial score (nSPS) is 10.0. The maximum atomic E-state index is 8.57. The van der Waals surface area contributed by atoms with Crippen LogP contribution in [0.4, 0.5) is 5.69 Å². The predicted molar refractivity (Wildman–Crippen MR) is 49.5 cm³/mol. The van der Waals surface area contributed by atoms with Gasteiger partial charge in [-0.2, -0.15) is 0 Å². The van der Waals surface area contributed by atoms with E-state index in [1.54, 1.807) is 0 Å². The van der Waals surface area contributed by atoms with Crippen molar-refractivity contribution >= 4 is 17.7 Å². The van der Waals surface area contributed by atoms with Gasteiger partial charge in [-0.15, -0.1) is 0 Å². The molecule has 0 amide bonds. The molecule has 11 heavy (non-hydrogen) atoms. The Morgan fingerprint density at radius 2 is 2.27 bits per heavy atom. The molecular formula is C8H11NOS. The summed E-state index contributed by atoms with van der Waals surface area (Å²) in [5, 5.41) is 0. The Balaban J connectivity index is 2.86. The van der Waals surface area contributed by atoms with Gasteiger partial charge < -0.3 is 10.3 Å². The second-order valence-corrected chi connectivity index (χ2v) is 3.01. The Hall–Kier alpha value is -0.670. The zero-order valence-electron chi connectivity index (χ0n) is 6.37. The first-order valence-electron chi connectivity index (χ1n) is 3.35. The van der Waals surface area contributed by atoms with Gasteiger partial charge in [0.15, 0.2) is 0 Å². The average molecular weight is 169 g/mol. The fraction of sp³-hybridized carbons (Fsp3) is 0.250. The first kappa shape index (κ1) is 8.43. The molecule has 0 atom stereocenters. The zero-order valence-corrected chi connectivity index (χ0v) is 7.19. The highest BCUT2D eigenvalue weighted by Crippen LogP contribution is 2.15. The van der Waals surface area contributed by atoms with E-state index in [1.165, 1.54) is 0 Å². The van der Waals surface area contributed by atoms with Gasteiger partial charge >= 0.3 is 0 Å². The maximum Gasteiger partial charge on any atom is 0.0446 e. The molecule has 3 N–H and O–H groups in total. The highest BCUT2D eigenvalue weighted by Gasteiger charge is 1.95. The number of anilines is 1. The number of aryl methyl sites for hydroxylation is 1. The van der Waals surface area contributed by atoms with E-state index >= 15 is 0 Å². The summed E-state index contributed by atoms with van der Waals surface area (Å²) in [6.45, 7) is 1.96. The molecule has 0 aliphatic heterocycles. The molecule has 0 spiro atoms. The lowest BCUT2D eigenvalue weighted by Gasteiger charge is -2.01. The number of hydrogen-bond acceptors (Lipinski definition) is 3. The van der Waals surface area contributed by atoms with Gasteiger partial charge in [-0.05, 0) is 36.2 Å². The molecular weight excluding hydrogens is 158 g/mol. The van der Waals surface area contributed by atoms with Crippen LogP contribution in [-0.2, 0) is 5.75 Å². The van der Waals surface area contributed by atoms with E-state index in [9.17, 15) is 0 Å². The molecule has 1 aromatic rings. The van der Waals surface area contributed by atoms with Crippen molar-refractivity contribution in [1.29, 1.82) is 0 Å². The Morgan fingerprint density at radius 1 is 1.55 bits per heavy atom. The first-order chi connectivity index (χ1) is 5.24. The van der Waals surface area contributed by atoms with Crippen molar-refractivity contribution in [2.45, 2.75) is 12.7 Å². The first-order valence-corrected chi connectivity index (χ1v) is 4.29. The monoisotopic (exact) mass is 169 g/mol. The van der Waals surface area contributed by atoms with Crippen LogP contribution in [0.1, 0.15) is 11.1 Å². The van der Waals surface area contributed by atoms with Crippen LogP contribution in [0.15, 0.2) is 18.2 Å². The van der Waals surface area contributed by atoms with Gasteiger partial charge in [-0.3, -0.25) is 0 Å². The van der Waals surface area contributed by atoms with Crippen LogP contribution >= 0.6 is 12.0 Å². The molecule has 2 nitrogen and oxygen atoms in total.